The van der Waals surface area contributed by atoms with Crippen LogP contribution >= 0.6 is 0 Å². The Bertz CT molecular complexity index is 709. The average molecular weight is 284 g/mol. The van der Waals surface area contributed by atoms with E-state index in [9.17, 15) is 4.39 Å². The fraction of sp³-hybridized carbons (Fsp3) is 0.471. The van der Waals surface area contributed by atoms with E-state index in [1.54, 1.807) is 12.1 Å². The molecule has 1 heterocycles. The van der Waals surface area contributed by atoms with E-state index in [1.165, 1.54) is 25.3 Å². The first-order valence-electron chi connectivity index (χ1n) is 7.75. The lowest BCUT2D eigenvalue weighted by Gasteiger charge is -2.08. The molecule has 2 bridgehead atoms. The Balaban J connectivity index is 1.60. The minimum atomic E-state index is -0.262. The van der Waals surface area contributed by atoms with Gasteiger partial charge in [0.15, 0.2) is 11.6 Å². The van der Waals surface area contributed by atoms with Crippen molar-refractivity contribution in [3.63, 3.8) is 0 Å². The third kappa shape index (κ3) is 1.45. The van der Waals surface area contributed by atoms with Crippen molar-refractivity contribution in [1.29, 1.82) is 0 Å². The Morgan fingerprint density at radius 2 is 1.86 bits per heavy atom. The number of nitrogens with zero attached hydrogens (tertiary/aromatic N) is 1. The SMILES string of the molecule is Nc1noc(C2C3C4CCC(C4)C23)c1-c1ccccc1F. The summed E-state index contributed by atoms with van der Waals surface area (Å²) in [6.07, 6.45) is 4.08. The Morgan fingerprint density at radius 1 is 1.14 bits per heavy atom. The summed E-state index contributed by atoms with van der Waals surface area (Å²) in [7, 11) is 0. The molecule has 2 aromatic rings. The van der Waals surface area contributed by atoms with E-state index in [-0.39, 0.29) is 5.82 Å². The maximum Gasteiger partial charge on any atom is 0.175 e. The van der Waals surface area contributed by atoms with Crippen LogP contribution in [-0.4, -0.2) is 5.16 Å². The van der Waals surface area contributed by atoms with Gasteiger partial charge in [0.2, 0.25) is 0 Å². The highest BCUT2D eigenvalue weighted by Crippen LogP contribution is 2.73. The molecular weight excluding hydrogens is 267 g/mol. The Hall–Kier alpha value is -1.84. The highest BCUT2D eigenvalue weighted by Gasteiger charge is 2.67. The number of hydrogen-bond donors (Lipinski definition) is 1. The molecule has 0 saturated heterocycles. The molecule has 0 spiro atoms. The summed E-state index contributed by atoms with van der Waals surface area (Å²) < 4.78 is 19.7. The molecule has 0 aliphatic heterocycles. The van der Waals surface area contributed by atoms with Gasteiger partial charge in [-0.15, -0.1) is 0 Å². The van der Waals surface area contributed by atoms with E-state index >= 15 is 0 Å². The maximum atomic E-state index is 14.1. The third-order valence-corrected chi connectivity index (χ3v) is 5.93. The van der Waals surface area contributed by atoms with Gasteiger partial charge in [-0.25, -0.2) is 4.39 Å². The molecule has 4 atom stereocenters. The van der Waals surface area contributed by atoms with Gasteiger partial charge in [0, 0.05) is 11.5 Å². The summed E-state index contributed by atoms with van der Waals surface area (Å²) in [6, 6.07) is 6.73. The summed E-state index contributed by atoms with van der Waals surface area (Å²) in [6.45, 7) is 0. The Kier molecular flexibility index (Phi) is 2.17. The van der Waals surface area contributed by atoms with E-state index in [0.29, 0.717) is 22.9 Å². The van der Waals surface area contributed by atoms with E-state index in [4.69, 9.17) is 10.3 Å². The monoisotopic (exact) mass is 284 g/mol. The molecule has 21 heavy (non-hydrogen) atoms. The zero-order valence-electron chi connectivity index (χ0n) is 11.6. The summed E-state index contributed by atoms with van der Waals surface area (Å²) >= 11 is 0. The molecule has 4 unspecified atom stereocenters. The molecule has 5 rings (SSSR count). The van der Waals surface area contributed by atoms with Gasteiger partial charge in [-0.3, -0.25) is 0 Å². The van der Waals surface area contributed by atoms with E-state index in [0.717, 1.165) is 29.4 Å². The van der Waals surface area contributed by atoms with Crippen LogP contribution in [0.2, 0.25) is 0 Å². The van der Waals surface area contributed by atoms with Gasteiger partial charge in [0.1, 0.15) is 5.82 Å². The molecule has 0 amide bonds. The quantitative estimate of drug-likeness (QED) is 0.912. The zero-order chi connectivity index (χ0) is 14.1. The fourth-order valence-electron chi connectivity index (χ4n) is 5.15. The maximum absolute atomic E-state index is 14.1. The third-order valence-electron chi connectivity index (χ3n) is 5.93. The van der Waals surface area contributed by atoms with Crippen LogP contribution in [0.1, 0.15) is 30.9 Å². The van der Waals surface area contributed by atoms with Crippen LogP contribution in [0.3, 0.4) is 0 Å². The van der Waals surface area contributed by atoms with Crippen molar-refractivity contribution in [2.24, 2.45) is 23.7 Å². The molecular formula is C17H17FN2O. The highest BCUT2D eigenvalue weighted by molar-refractivity contribution is 5.77. The van der Waals surface area contributed by atoms with Gasteiger partial charge < -0.3 is 10.3 Å². The lowest BCUT2D eigenvalue weighted by atomic mass is 9.96. The minimum absolute atomic E-state index is 0.262. The predicted molar refractivity (Wildman–Crippen MR) is 76.9 cm³/mol. The van der Waals surface area contributed by atoms with E-state index < -0.39 is 0 Å². The number of fused-ring (bicyclic) bond motifs is 5. The first-order valence-corrected chi connectivity index (χ1v) is 7.75. The molecule has 0 radical (unpaired) electrons. The number of nitrogen functional groups attached to an aromatic ring is 1. The van der Waals surface area contributed by atoms with Crippen molar-refractivity contribution in [1.82, 2.24) is 5.16 Å². The lowest BCUT2D eigenvalue weighted by Crippen LogP contribution is -1.99. The standard InChI is InChI=1S/C17H17FN2O/c18-11-4-2-1-3-10(11)14-16(21-20-17(14)19)15-12-8-5-6-9(7-8)13(12)15/h1-4,8-9,12-13,15H,5-7H2,(H2,19,20). The average Bonchev–Trinajstić information content (AvgIpc) is 2.81. The van der Waals surface area contributed by atoms with Gasteiger partial charge in [-0.2, -0.15) is 0 Å². The van der Waals surface area contributed by atoms with Gasteiger partial charge in [-0.1, -0.05) is 23.4 Å². The van der Waals surface area contributed by atoms with Crippen LogP contribution < -0.4 is 5.73 Å². The number of aromatic nitrogens is 1. The van der Waals surface area contributed by atoms with Crippen LogP contribution in [0.4, 0.5) is 10.2 Å². The minimum Gasteiger partial charge on any atom is -0.380 e. The zero-order valence-corrected chi connectivity index (χ0v) is 11.6. The number of rotatable bonds is 2. The van der Waals surface area contributed by atoms with E-state index in [2.05, 4.69) is 5.16 Å². The molecule has 108 valence electrons. The summed E-state index contributed by atoms with van der Waals surface area (Å²) in [5.41, 5.74) is 7.18. The second-order valence-corrected chi connectivity index (χ2v) is 6.80. The topological polar surface area (TPSA) is 52.0 Å². The van der Waals surface area contributed by atoms with Crippen molar-refractivity contribution in [2.45, 2.75) is 25.2 Å². The number of benzene rings is 1. The summed E-state index contributed by atoms with van der Waals surface area (Å²) in [4.78, 5) is 0. The lowest BCUT2D eigenvalue weighted by molar-refractivity contribution is 0.364. The van der Waals surface area contributed by atoms with E-state index in [1.807, 2.05) is 6.07 Å². The summed E-state index contributed by atoms with van der Waals surface area (Å²) in [5, 5.41) is 3.93. The van der Waals surface area contributed by atoms with Crippen LogP contribution in [0.5, 0.6) is 0 Å². The molecule has 3 aliphatic carbocycles. The van der Waals surface area contributed by atoms with Crippen molar-refractivity contribution in [3.8, 4) is 11.1 Å². The van der Waals surface area contributed by atoms with Gasteiger partial charge in [-0.05, 0) is 49.0 Å². The first-order chi connectivity index (χ1) is 10.3. The molecule has 1 aromatic heterocycles. The first kappa shape index (κ1) is 11.8. The summed E-state index contributed by atoms with van der Waals surface area (Å²) in [5.74, 6) is 4.41. The number of anilines is 1. The largest absolute Gasteiger partial charge is 0.380 e. The molecule has 3 aliphatic rings. The molecule has 3 saturated carbocycles. The van der Waals surface area contributed by atoms with Crippen LogP contribution in [0.15, 0.2) is 28.8 Å². The Labute approximate surface area is 122 Å². The van der Waals surface area contributed by atoms with Crippen molar-refractivity contribution < 1.29 is 8.91 Å². The van der Waals surface area contributed by atoms with Gasteiger partial charge >= 0.3 is 0 Å². The molecule has 3 nitrogen and oxygen atoms in total. The van der Waals surface area contributed by atoms with Crippen LogP contribution in [0.25, 0.3) is 11.1 Å². The second-order valence-electron chi connectivity index (χ2n) is 6.80. The van der Waals surface area contributed by atoms with Crippen LogP contribution in [-0.2, 0) is 0 Å². The van der Waals surface area contributed by atoms with Crippen molar-refractivity contribution >= 4 is 5.82 Å². The second kappa shape index (κ2) is 3.87. The normalized spacial score (nSPS) is 36.0. The number of hydrogen-bond acceptors (Lipinski definition) is 3. The fourth-order valence-corrected chi connectivity index (χ4v) is 5.15. The highest BCUT2D eigenvalue weighted by atomic mass is 19.1. The molecule has 2 N–H and O–H groups in total. The van der Waals surface area contributed by atoms with Gasteiger partial charge in [0.25, 0.3) is 0 Å². The molecule has 4 heteroatoms. The van der Waals surface area contributed by atoms with Gasteiger partial charge in [0.05, 0.1) is 5.56 Å². The smallest absolute Gasteiger partial charge is 0.175 e. The van der Waals surface area contributed by atoms with Crippen LogP contribution in [0, 0.1) is 29.5 Å². The predicted octanol–water partition coefficient (Wildman–Crippen LogP) is 3.82. The Morgan fingerprint density at radius 3 is 2.57 bits per heavy atom. The molecule has 3 fully saturated rings. The molecule has 1 aromatic carbocycles. The van der Waals surface area contributed by atoms with Crippen molar-refractivity contribution in [3.05, 3.63) is 35.8 Å². The number of halogens is 1. The van der Waals surface area contributed by atoms with Crippen molar-refractivity contribution in [2.75, 3.05) is 5.73 Å². The number of nitrogens with two attached hydrogens (primary N) is 1.